The third-order valence-electron chi connectivity index (χ3n) is 3.91. The molecule has 0 N–H and O–H groups in total. The summed E-state index contributed by atoms with van der Waals surface area (Å²) in [7, 11) is 0. The van der Waals surface area contributed by atoms with Gasteiger partial charge in [-0.15, -0.1) is 0 Å². The number of amides is 2. The van der Waals surface area contributed by atoms with E-state index in [4.69, 9.17) is 4.74 Å². The highest BCUT2D eigenvalue weighted by Crippen LogP contribution is 2.12. The van der Waals surface area contributed by atoms with Crippen LogP contribution in [0.25, 0.3) is 0 Å². The summed E-state index contributed by atoms with van der Waals surface area (Å²) in [5.41, 5.74) is 0. The van der Waals surface area contributed by atoms with Crippen molar-refractivity contribution in [2.75, 3.05) is 32.8 Å². The largest absolute Gasteiger partial charge is 0.484 e. The molecule has 1 aliphatic heterocycles. The highest BCUT2D eigenvalue weighted by Gasteiger charge is 2.23. The third kappa shape index (κ3) is 5.23. The van der Waals surface area contributed by atoms with Gasteiger partial charge in [-0.1, -0.05) is 13.3 Å². The van der Waals surface area contributed by atoms with Crippen molar-refractivity contribution in [1.29, 1.82) is 0 Å². The van der Waals surface area contributed by atoms with E-state index in [-0.39, 0.29) is 24.2 Å². The maximum absolute atomic E-state index is 12.8. The average molecular weight is 322 g/mol. The van der Waals surface area contributed by atoms with Gasteiger partial charge in [0, 0.05) is 32.6 Å². The number of benzene rings is 1. The lowest BCUT2D eigenvalue weighted by molar-refractivity contribution is -0.140. The maximum atomic E-state index is 12.8. The molecule has 0 spiro atoms. The molecule has 6 heteroatoms. The van der Waals surface area contributed by atoms with Crippen LogP contribution < -0.4 is 4.74 Å². The first kappa shape index (κ1) is 17.2. The minimum Gasteiger partial charge on any atom is -0.484 e. The molecule has 0 unspecified atom stereocenters. The van der Waals surface area contributed by atoms with Crippen LogP contribution in [0.4, 0.5) is 4.39 Å². The molecular formula is C17H23FN2O3. The molecule has 1 aliphatic rings. The number of carbonyl (C=O) groups is 2. The minimum absolute atomic E-state index is 0.0740. The Morgan fingerprint density at radius 1 is 1.04 bits per heavy atom. The van der Waals surface area contributed by atoms with Crippen LogP contribution in [0.15, 0.2) is 24.3 Å². The molecule has 2 rings (SSSR count). The number of rotatable bonds is 6. The number of carbonyl (C=O) groups excluding carboxylic acids is 2. The van der Waals surface area contributed by atoms with Crippen molar-refractivity contribution in [1.82, 2.24) is 9.80 Å². The second-order valence-corrected chi connectivity index (χ2v) is 5.61. The van der Waals surface area contributed by atoms with Crippen molar-refractivity contribution in [3.05, 3.63) is 30.1 Å². The second-order valence-electron chi connectivity index (χ2n) is 5.61. The van der Waals surface area contributed by atoms with E-state index in [0.29, 0.717) is 38.3 Å². The SMILES string of the molecule is CCCCC(=O)N1CCN(C(=O)COc2ccc(F)cc2)CC1. The highest BCUT2D eigenvalue weighted by molar-refractivity contribution is 5.79. The molecule has 2 amide bonds. The van der Waals surface area contributed by atoms with Gasteiger partial charge in [0.25, 0.3) is 5.91 Å². The minimum atomic E-state index is -0.340. The number of ether oxygens (including phenoxy) is 1. The van der Waals surface area contributed by atoms with Crippen molar-refractivity contribution in [3.63, 3.8) is 0 Å². The van der Waals surface area contributed by atoms with Gasteiger partial charge >= 0.3 is 0 Å². The molecule has 0 saturated carbocycles. The number of hydrogen-bond donors (Lipinski definition) is 0. The van der Waals surface area contributed by atoms with Crippen molar-refractivity contribution < 1.29 is 18.7 Å². The van der Waals surface area contributed by atoms with Gasteiger partial charge in [-0.3, -0.25) is 9.59 Å². The smallest absolute Gasteiger partial charge is 0.260 e. The number of unbranched alkanes of at least 4 members (excludes halogenated alkanes) is 1. The quantitative estimate of drug-likeness (QED) is 0.805. The van der Waals surface area contributed by atoms with Crippen LogP contribution >= 0.6 is 0 Å². The van der Waals surface area contributed by atoms with E-state index in [1.54, 1.807) is 4.90 Å². The Morgan fingerprint density at radius 2 is 1.61 bits per heavy atom. The molecule has 0 radical (unpaired) electrons. The molecule has 0 bridgehead atoms. The van der Waals surface area contributed by atoms with Crippen molar-refractivity contribution in [3.8, 4) is 5.75 Å². The first-order chi connectivity index (χ1) is 11.1. The Hall–Kier alpha value is -2.11. The van der Waals surface area contributed by atoms with E-state index < -0.39 is 0 Å². The van der Waals surface area contributed by atoms with Crippen LogP contribution in [0.5, 0.6) is 5.75 Å². The van der Waals surface area contributed by atoms with Crippen molar-refractivity contribution in [2.24, 2.45) is 0 Å². The summed E-state index contributed by atoms with van der Waals surface area (Å²) in [6.07, 6.45) is 2.49. The fourth-order valence-corrected chi connectivity index (χ4v) is 2.46. The summed E-state index contributed by atoms with van der Waals surface area (Å²) < 4.78 is 18.2. The number of hydrogen-bond acceptors (Lipinski definition) is 3. The van der Waals surface area contributed by atoms with E-state index in [1.807, 2.05) is 4.90 Å². The van der Waals surface area contributed by atoms with E-state index in [1.165, 1.54) is 24.3 Å². The molecule has 1 fully saturated rings. The van der Waals surface area contributed by atoms with Gasteiger partial charge in [0.05, 0.1) is 0 Å². The summed E-state index contributed by atoms with van der Waals surface area (Å²) in [6, 6.07) is 5.57. The number of piperazine rings is 1. The summed E-state index contributed by atoms with van der Waals surface area (Å²) in [4.78, 5) is 27.6. The van der Waals surface area contributed by atoms with Crippen molar-refractivity contribution >= 4 is 11.8 Å². The normalized spacial score (nSPS) is 14.7. The fourth-order valence-electron chi connectivity index (χ4n) is 2.46. The Bertz CT molecular complexity index is 525. The summed E-state index contributed by atoms with van der Waals surface area (Å²) in [5, 5.41) is 0. The monoisotopic (exact) mass is 322 g/mol. The molecule has 126 valence electrons. The van der Waals surface area contributed by atoms with Gasteiger partial charge in [-0.25, -0.2) is 4.39 Å². The van der Waals surface area contributed by atoms with Gasteiger partial charge in [-0.2, -0.15) is 0 Å². The maximum Gasteiger partial charge on any atom is 0.260 e. The Morgan fingerprint density at radius 3 is 2.17 bits per heavy atom. The van der Waals surface area contributed by atoms with Gasteiger partial charge in [0.15, 0.2) is 6.61 Å². The van der Waals surface area contributed by atoms with Gasteiger partial charge in [0.2, 0.25) is 5.91 Å². The van der Waals surface area contributed by atoms with E-state index in [9.17, 15) is 14.0 Å². The third-order valence-corrected chi connectivity index (χ3v) is 3.91. The first-order valence-electron chi connectivity index (χ1n) is 8.04. The lowest BCUT2D eigenvalue weighted by atomic mass is 10.2. The second kappa shape index (κ2) is 8.50. The van der Waals surface area contributed by atoms with Crippen LogP contribution in [0.1, 0.15) is 26.2 Å². The predicted octanol–water partition coefficient (Wildman–Crippen LogP) is 2.07. The number of halogens is 1. The lowest BCUT2D eigenvalue weighted by Crippen LogP contribution is -2.51. The highest BCUT2D eigenvalue weighted by atomic mass is 19.1. The van der Waals surface area contributed by atoms with E-state index >= 15 is 0 Å². The fraction of sp³-hybridized carbons (Fsp3) is 0.529. The zero-order valence-corrected chi connectivity index (χ0v) is 13.5. The Balaban J connectivity index is 1.73. The molecule has 0 aromatic heterocycles. The van der Waals surface area contributed by atoms with Gasteiger partial charge in [-0.05, 0) is 30.7 Å². The van der Waals surface area contributed by atoms with Crippen LogP contribution in [0.3, 0.4) is 0 Å². The molecule has 1 heterocycles. The molecule has 1 aromatic rings. The number of nitrogens with zero attached hydrogens (tertiary/aromatic N) is 2. The zero-order chi connectivity index (χ0) is 16.7. The van der Waals surface area contributed by atoms with Crippen LogP contribution in [0, 0.1) is 5.82 Å². The van der Waals surface area contributed by atoms with Crippen molar-refractivity contribution in [2.45, 2.75) is 26.2 Å². The molecule has 0 aliphatic carbocycles. The summed E-state index contributed by atoms with van der Waals surface area (Å²) >= 11 is 0. The molecular weight excluding hydrogens is 299 g/mol. The predicted molar refractivity (Wildman–Crippen MR) is 84.6 cm³/mol. The van der Waals surface area contributed by atoms with E-state index in [0.717, 1.165) is 12.8 Å². The van der Waals surface area contributed by atoms with E-state index in [2.05, 4.69) is 6.92 Å². The summed E-state index contributed by atoms with van der Waals surface area (Å²) in [5.74, 6) is 0.178. The standard InChI is InChI=1S/C17H23FN2O3/c1-2-3-4-16(21)19-9-11-20(12-10-19)17(22)13-23-15-7-5-14(18)6-8-15/h5-8H,2-4,9-13H2,1H3. The molecule has 23 heavy (non-hydrogen) atoms. The first-order valence-corrected chi connectivity index (χ1v) is 8.04. The Labute approximate surface area is 136 Å². The van der Waals surface area contributed by atoms with Crippen LogP contribution in [-0.2, 0) is 9.59 Å². The van der Waals surface area contributed by atoms with Crippen LogP contribution in [0.2, 0.25) is 0 Å². The Kier molecular flexibility index (Phi) is 6.38. The summed E-state index contributed by atoms with van der Waals surface area (Å²) in [6.45, 7) is 4.20. The topological polar surface area (TPSA) is 49.9 Å². The van der Waals surface area contributed by atoms with Gasteiger partial charge < -0.3 is 14.5 Å². The van der Waals surface area contributed by atoms with Gasteiger partial charge in [0.1, 0.15) is 11.6 Å². The zero-order valence-electron chi connectivity index (χ0n) is 13.5. The molecule has 1 aromatic carbocycles. The molecule has 1 saturated heterocycles. The molecule has 5 nitrogen and oxygen atoms in total. The van der Waals surface area contributed by atoms with Crippen LogP contribution in [-0.4, -0.2) is 54.4 Å². The lowest BCUT2D eigenvalue weighted by Gasteiger charge is -2.34. The molecule has 0 atom stereocenters. The average Bonchev–Trinajstić information content (AvgIpc) is 2.59.